The van der Waals surface area contributed by atoms with Crippen LogP contribution < -0.4 is 5.32 Å². The summed E-state index contributed by atoms with van der Waals surface area (Å²) in [7, 11) is 0. The Hall–Kier alpha value is -0.570. The van der Waals surface area contributed by atoms with Crippen LogP contribution in [0.4, 0.5) is 4.39 Å². The average Bonchev–Trinajstić information content (AvgIpc) is 2.76. The third-order valence-corrected chi connectivity index (χ3v) is 3.62. The molecule has 0 heterocycles. The van der Waals surface area contributed by atoms with Gasteiger partial charge < -0.3 is 5.32 Å². The van der Waals surface area contributed by atoms with Gasteiger partial charge in [0.25, 0.3) is 0 Å². The number of nitrogens with one attached hydrogen (secondary N) is 1. The van der Waals surface area contributed by atoms with E-state index in [2.05, 4.69) is 17.5 Å². The Morgan fingerprint density at radius 3 is 2.53 bits per heavy atom. The van der Waals surface area contributed by atoms with Crippen LogP contribution in [-0.4, -0.2) is 6.04 Å². The number of benzene rings is 1. The largest absolute Gasteiger partial charge is 0.307 e. The van der Waals surface area contributed by atoms with E-state index in [0.717, 1.165) is 18.4 Å². The van der Waals surface area contributed by atoms with Crippen LogP contribution >= 0.6 is 23.2 Å². The van der Waals surface area contributed by atoms with E-state index in [0.29, 0.717) is 11.1 Å². The van der Waals surface area contributed by atoms with Crippen LogP contribution in [0.3, 0.4) is 0 Å². The summed E-state index contributed by atoms with van der Waals surface area (Å²) in [5.74, 6) is -0.427. The van der Waals surface area contributed by atoms with Crippen molar-refractivity contribution in [3.05, 3.63) is 45.7 Å². The van der Waals surface area contributed by atoms with Gasteiger partial charge in [0, 0.05) is 17.1 Å². The molecule has 1 N–H and O–H groups in total. The standard InChI is InChI=1S/C13H14Cl2FN/c1-8(17-9-4-2-3-5-9)10-6-13(16)12(15)7-11(10)14/h2-3,6-9,17H,4-5H2,1H3. The Balaban J connectivity index is 2.12. The third-order valence-electron chi connectivity index (χ3n) is 3.00. The zero-order chi connectivity index (χ0) is 12.4. The smallest absolute Gasteiger partial charge is 0.142 e. The second kappa shape index (κ2) is 5.38. The molecule has 1 nitrogen and oxygen atoms in total. The van der Waals surface area contributed by atoms with Crippen molar-refractivity contribution in [2.24, 2.45) is 0 Å². The fourth-order valence-corrected chi connectivity index (χ4v) is 2.61. The molecule has 1 atom stereocenters. The predicted octanol–water partition coefficient (Wildman–Crippen LogP) is 4.50. The van der Waals surface area contributed by atoms with E-state index >= 15 is 0 Å². The lowest BCUT2D eigenvalue weighted by Crippen LogP contribution is -2.29. The van der Waals surface area contributed by atoms with E-state index in [1.807, 2.05) is 6.92 Å². The van der Waals surface area contributed by atoms with Gasteiger partial charge in [-0.1, -0.05) is 35.4 Å². The quantitative estimate of drug-likeness (QED) is 0.632. The van der Waals surface area contributed by atoms with Crippen molar-refractivity contribution >= 4 is 23.2 Å². The summed E-state index contributed by atoms with van der Waals surface area (Å²) in [5.41, 5.74) is 0.750. The van der Waals surface area contributed by atoms with E-state index in [-0.39, 0.29) is 11.1 Å². The lowest BCUT2D eigenvalue weighted by molar-refractivity contribution is 0.469. The Morgan fingerprint density at radius 2 is 1.88 bits per heavy atom. The first-order chi connectivity index (χ1) is 8.08. The van der Waals surface area contributed by atoms with Crippen molar-refractivity contribution in [3.63, 3.8) is 0 Å². The summed E-state index contributed by atoms with van der Waals surface area (Å²) < 4.78 is 13.4. The highest BCUT2D eigenvalue weighted by atomic mass is 35.5. The summed E-state index contributed by atoms with van der Waals surface area (Å²) >= 11 is 11.7. The Bertz CT molecular complexity index is 437. The minimum absolute atomic E-state index is 0.0131. The Labute approximate surface area is 111 Å². The second-order valence-corrected chi connectivity index (χ2v) is 5.13. The summed E-state index contributed by atoms with van der Waals surface area (Å²) in [6.07, 6.45) is 6.32. The van der Waals surface area contributed by atoms with Crippen LogP contribution in [0.2, 0.25) is 10.0 Å². The van der Waals surface area contributed by atoms with Crippen molar-refractivity contribution < 1.29 is 4.39 Å². The molecule has 0 spiro atoms. The molecule has 2 rings (SSSR count). The maximum absolute atomic E-state index is 13.4. The zero-order valence-corrected chi connectivity index (χ0v) is 11.0. The molecule has 1 unspecified atom stereocenters. The molecule has 0 amide bonds. The molecular formula is C13H14Cl2FN. The third kappa shape index (κ3) is 3.01. The number of hydrogen-bond donors (Lipinski definition) is 1. The van der Waals surface area contributed by atoms with Crippen molar-refractivity contribution in [3.8, 4) is 0 Å². The van der Waals surface area contributed by atoms with E-state index in [4.69, 9.17) is 23.2 Å². The molecule has 0 saturated heterocycles. The molecule has 4 heteroatoms. The van der Waals surface area contributed by atoms with Gasteiger partial charge in [0.2, 0.25) is 0 Å². The molecule has 0 aliphatic heterocycles. The van der Waals surface area contributed by atoms with Crippen molar-refractivity contribution in [2.75, 3.05) is 0 Å². The predicted molar refractivity (Wildman–Crippen MR) is 70.1 cm³/mol. The van der Waals surface area contributed by atoms with Crippen molar-refractivity contribution in [1.29, 1.82) is 0 Å². The highest BCUT2D eigenvalue weighted by molar-refractivity contribution is 6.35. The molecule has 92 valence electrons. The van der Waals surface area contributed by atoms with Gasteiger partial charge in [-0.3, -0.25) is 0 Å². The highest BCUT2D eigenvalue weighted by Gasteiger charge is 2.17. The van der Waals surface area contributed by atoms with Crippen LogP contribution in [0.15, 0.2) is 24.3 Å². The minimum atomic E-state index is -0.427. The summed E-state index contributed by atoms with van der Waals surface area (Å²) in [4.78, 5) is 0. The second-order valence-electron chi connectivity index (χ2n) is 4.32. The molecule has 0 bridgehead atoms. The van der Waals surface area contributed by atoms with Gasteiger partial charge in [-0.15, -0.1) is 0 Å². The monoisotopic (exact) mass is 273 g/mol. The number of hydrogen-bond acceptors (Lipinski definition) is 1. The van der Waals surface area contributed by atoms with Crippen molar-refractivity contribution in [2.45, 2.75) is 31.8 Å². The molecule has 17 heavy (non-hydrogen) atoms. The fraction of sp³-hybridized carbons (Fsp3) is 0.385. The number of halogens is 3. The molecule has 1 aliphatic carbocycles. The normalized spacial score (nSPS) is 17.6. The molecule has 1 aliphatic rings. The Morgan fingerprint density at radius 1 is 1.24 bits per heavy atom. The maximum Gasteiger partial charge on any atom is 0.142 e. The van der Waals surface area contributed by atoms with Crippen molar-refractivity contribution in [1.82, 2.24) is 5.32 Å². The van der Waals surface area contributed by atoms with Gasteiger partial charge >= 0.3 is 0 Å². The maximum atomic E-state index is 13.4. The first kappa shape index (κ1) is 12.9. The van der Waals surface area contributed by atoms with Gasteiger partial charge in [-0.05, 0) is 37.5 Å². The molecule has 0 saturated carbocycles. The highest BCUT2D eigenvalue weighted by Crippen LogP contribution is 2.29. The molecule has 0 fully saturated rings. The van der Waals surface area contributed by atoms with Gasteiger partial charge in [-0.25, -0.2) is 4.39 Å². The fourth-order valence-electron chi connectivity index (χ4n) is 2.07. The summed E-state index contributed by atoms with van der Waals surface area (Å²) in [6.45, 7) is 1.98. The van der Waals surface area contributed by atoms with E-state index in [1.54, 1.807) is 0 Å². The van der Waals surface area contributed by atoms with Gasteiger partial charge in [0.1, 0.15) is 5.82 Å². The molecule has 1 aromatic carbocycles. The molecule has 0 radical (unpaired) electrons. The van der Waals surface area contributed by atoms with E-state index < -0.39 is 5.82 Å². The SMILES string of the molecule is CC(NC1CC=CC1)c1cc(F)c(Cl)cc1Cl. The van der Waals surface area contributed by atoms with Crippen LogP contribution in [0.1, 0.15) is 31.4 Å². The van der Waals surface area contributed by atoms with Crippen LogP contribution in [-0.2, 0) is 0 Å². The molecular weight excluding hydrogens is 260 g/mol. The topological polar surface area (TPSA) is 12.0 Å². The van der Waals surface area contributed by atoms with E-state index in [9.17, 15) is 4.39 Å². The summed E-state index contributed by atoms with van der Waals surface area (Å²) in [5, 5.41) is 3.99. The van der Waals surface area contributed by atoms with E-state index in [1.165, 1.54) is 12.1 Å². The minimum Gasteiger partial charge on any atom is -0.307 e. The zero-order valence-electron chi connectivity index (χ0n) is 9.51. The first-order valence-corrected chi connectivity index (χ1v) is 6.39. The first-order valence-electron chi connectivity index (χ1n) is 5.63. The van der Waals surface area contributed by atoms with Crippen LogP contribution in [0.5, 0.6) is 0 Å². The molecule has 1 aromatic rings. The lowest BCUT2D eigenvalue weighted by atomic mass is 10.1. The number of rotatable bonds is 3. The Kier molecular flexibility index (Phi) is 4.08. The van der Waals surface area contributed by atoms with Crippen LogP contribution in [0.25, 0.3) is 0 Å². The average molecular weight is 274 g/mol. The lowest BCUT2D eigenvalue weighted by Gasteiger charge is -2.20. The summed E-state index contributed by atoms with van der Waals surface area (Å²) in [6, 6.07) is 3.29. The van der Waals surface area contributed by atoms with Gasteiger partial charge in [0.15, 0.2) is 0 Å². The van der Waals surface area contributed by atoms with Gasteiger partial charge in [0.05, 0.1) is 5.02 Å². The van der Waals surface area contributed by atoms with Gasteiger partial charge in [-0.2, -0.15) is 0 Å². The molecule has 0 aromatic heterocycles. The van der Waals surface area contributed by atoms with Crippen LogP contribution in [0, 0.1) is 5.82 Å².